The number of carboxylic acids is 1. The molecule has 1 atom stereocenters. The second kappa shape index (κ2) is 7.24. The highest BCUT2D eigenvalue weighted by atomic mass is 32.2. The molecule has 1 aliphatic rings. The molecule has 23 heavy (non-hydrogen) atoms. The molecule has 1 N–H and O–H groups in total. The summed E-state index contributed by atoms with van der Waals surface area (Å²) in [5, 5.41) is 9.16. The van der Waals surface area contributed by atoms with Gasteiger partial charge in [0.15, 0.2) is 0 Å². The highest BCUT2D eigenvalue weighted by Gasteiger charge is 2.40. The van der Waals surface area contributed by atoms with Gasteiger partial charge in [-0.15, -0.1) is 0 Å². The van der Waals surface area contributed by atoms with Crippen molar-refractivity contribution in [2.45, 2.75) is 23.8 Å². The molecule has 1 aromatic rings. The van der Waals surface area contributed by atoms with E-state index in [9.17, 15) is 17.6 Å². The maximum Gasteiger partial charge on any atom is 0.322 e. The molecule has 7 nitrogen and oxygen atoms in total. The lowest BCUT2D eigenvalue weighted by Crippen LogP contribution is -2.40. The second-order valence-electron chi connectivity index (χ2n) is 5.04. The van der Waals surface area contributed by atoms with Gasteiger partial charge in [0.1, 0.15) is 29.1 Å². The van der Waals surface area contributed by atoms with Gasteiger partial charge in [-0.05, 0) is 31.0 Å². The Kier molecular flexibility index (Phi) is 5.55. The Hall–Kier alpha value is -1.71. The van der Waals surface area contributed by atoms with Crippen LogP contribution in [-0.2, 0) is 19.6 Å². The number of aliphatic carboxylic acids is 1. The van der Waals surface area contributed by atoms with E-state index in [2.05, 4.69) is 0 Å². The summed E-state index contributed by atoms with van der Waals surface area (Å²) in [6, 6.07) is 1.99. The Bertz CT molecular complexity index is 678. The van der Waals surface area contributed by atoms with Crippen LogP contribution in [0.2, 0.25) is 0 Å². The van der Waals surface area contributed by atoms with Crippen molar-refractivity contribution in [3.8, 4) is 5.75 Å². The number of hydrogen-bond donors (Lipinski definition) is 1. The fourth-order valence-electron chi connectivity index (χ4n) is 2.44. The Morgan fingerprint density at radius 3 is 2.83 bits per heavy atom. The molecule has 0 aliphatic carbocycles. The van der Waals surface area contributed by atoms with Crippen molar-refractivity contribution in [3.05, 3.63) is 24.0 Å². The number of benzene rings is 1. The van der Waals surface area contributed by atoms with Gasteiger partial charge in [-0.2, -0.15) is 4.31 Å². The van der Waals surface area contributed by atoms with E-state index in [1.807, 2.05) is 0 Å². The van der Waals surface area contributed by atoms with Crippen LogP contribution in [0.4, 0.5) is 4.39 Å². The lowest BCUT2D eigenvalue weighted by molar-refractivity contribution is -0.140. The van der Waals surface area contributed by atoms with Crippen molar-refractivity contribution < 1.29 is 32.2 Å². The molecule has 1 heterocycles. The van der Waals surface area contributed by atoms with Gasteiger partial charge < -0.3 is 14.6 Å². The number of carboxylic acid groups (broad SMARTS) is 1. The van der Waals surface area contributed by atoms with Crippen molar-refractivity contribution in [2.75, 3.05) is 26.9 Å². The Morgan fingerprint density at radius 2 is 2.17 bits per heavy atom. The minimum absolute atomic E-state index is 0.0283. The number of rotatable bonds is 7. The van der Waals surface area contributed by atoms with Crippen molar-refractivity contribution in [1.82, 2.24) is 4.31 Å². The van der Waals surface area contributed by atoms with Crippen LogP contribution in [0.15, 0.2) is 23.1 Å². The van der Waals surface area contributed by atoms with Gasteiger partial charge in [-0.25, -0.2) is 12.8 Å². The monoisotopic (exact) mass is 347 g/mol. The molecular formula is C14H18FNO6S. The Morgan fingerprint density at radius 1 is 1.43 bits per heavy atom. The SMILES string of the molecule is COCCOc1ccc(F)cc1S(=O)(=O)N1CCC[C@@H]1C(=O)O. The van der Waals surface area contributed by atoms with Gasteiger partial charge in [0.2, 0.25) is 10.0 Å². The fraction of sp³-hybridized carbons (Fsp3) is 0.500. The first-order valence-corrected chi connectivity index (χ1v) is 8.48. The molecule has 1 aliphatic heterocycles. The van der Waals surface area contributed by atoms with Crippen LogP contribution in [0.3, 0.4) is 0 Å². The molecule has 1 saturated heterocycles. The van der Waals surface area contributed by atoms with Crippen molar-refractivity contribution in [2.24, 2.45) is 0 Å². The van der Waals surface area contributed by atoms with Gasteiger partial charge >= 0.3 is 5.97 Å². The van der Waals surface area contributed by atoms with Crippen LogP contribution in [0.5, 0.6) is 5.75 Å². The summed E-state index contributed by atoms with van der Waals surface area (Å²) in [5.41, 5.74) is 0. The van der Waals surface area contributed by atoms with Crippen LogP contribution >= 0.6 is 0 Å². The Labute approximate surface area is 133 Å². The summed E-state index contributed by atoms with van der Waals surface area (Å²) in [6.45, 7) is 0.401. The van der Waals surface area contributed by atoms with Crippen LogP contribution in [0, 0.1) is 5.82 Å². The average Bonchev–Trinajstić information content (AvgIpc) is 2.99. The Balaban J connectivity index is 2.38. The summed E-state index contributed by atoms with van der Waals surface area (Å²) in [6.07, 6.45) is 0.662. The van der Waals surface area contributed by atoms with E-state index in [-0.39, 0.29) is 36.8 Å². The molecule has 0 spiro atoms. The van der Waals surface area contributed by atoms with Gasteiger partial charge in [0, 0.05) is 13.7 Å². The highest BCUT2D eigenvalue weighted by Crippen LogP contribution is 2.32. The number of hydrogen-bond acceptors (Lipinski definition) is 5. The summed E-state index contributed by atoms with van der Waals surface area (Å²) in [7, 11) is -2.71. The smallest absolute Gasteiger partial charge is 0.322 e. The van der Waals surface area contributed by atoms with E-state index in [0.29, 0.717) is 6.42 Å². The summed E-state index contributed by atoms with van der Waals surface area (Å²) < 4.78 is 50.0. The average molecular weight is 347 g/mol. The van der Waals surface area contributed by atoms with Crippen LogP contribution in [0.25, 0.3) is 0 Å². The summed E-state index contributed by atoms with van der Waals surface area (Å²) in [5.74, 6) is -1.99. The number of nitrogens with zero attached hydrogens (tertiary/aromatic N) is 1. The maximum atomic E-state index is 13.5. The van der Waals surface area contributed by atoms with Gasteiger partial charge in [0.05, 0.1) is 6.61 Å². The number of halogens is 1. The van der Waals surface area contributed by atoms with Gasteiger partial charge in [-0.3, -0.25) is 4.79 Å². The quantitative estimate of drug-likeness (QED) is 0.742. The van der Waals surface area contributed by atoms with E-state index < -0.39 is 27.9 Å². The molecule has 1 aromatic carbocycles. The van der Waals surface area contributed by atoms with Gasteiger partial charge in [0.25, 0.3) is 0 Å². The van der Waals surface area contributed by atoms with Crippen molar-refractivity contribution in [1.29, 1.82) is 0 Å². The third-order valence-electron chi connectivity index (χ3n) is 3.53. The molecule has 0 unspecified atom stereocenters. The van der Waals surface area contributed by atoms with E-state index in [1.165, 1.54) is 13.2 Å². The van der Waals surface area contributed by atoms with Crippen LogP contribution in [-0.4, -0.2) is 56.7 Å². The molecule has 128 valence electrons. The highest BCUT2D eigenvalue weighted by molar-refractivity contribution is 7.89. The first-order valence-electron chi connectivity index (χ1n) is 7.04. The second-order valence-corrected chi connectivity index (χ2v) is 6.90. The molecule has 0 aromatic heterocycles. The molecular weight excluding hydrogens is 329 g/mol. The summed E-state index contributed by atoms with van der Waals surface area (Å²) in [4.78, 5) is 10.9. The minimum Gasteiger partial charge on any atom is -0.490 e. The lowest BCUT2D eigenvalue weighted by atomic mass is 10.2. The van der Waals surface area contributed by atoms with E-state index in [4.69, 9.17) is 14.6 Å². The van der Waals surface area contributed by atoms with Gasteiger partial charge in [-0.1, -0.05) is 0 Å². The molecule has 0 radical (unpaired) electrons. The topological polar surface area (TPSA) is 93.1 Å². The zero-order valence-corrected chi connectivity index (χ0v) is 13.4. The van der Waals surface area contributed by atoms with E-state index in [1.54, 1.807) is 0 Å². The van der Waals surface area contributed by atoms with Crippen LogP contribution < -0.4 is 4.74 Å². The lowest BCUT2D eigenvalue weighted by Gasteiger charge is -2.22. The molecule has 0 saturated carbocycles. The zero-order valence-electron chi connectivity index (χ0n) is 12.6. The fourth-order valence-corrected chi connectivity index (χ4v) is 4.23. The zero-order chi connectivity index (χ0) is 17.0. The van der Waals surface area contributed by atoms with Crippen molar-refractivity contribution in [3.63, 3.8) is 0 Å². The molecule has 2 rings (SSSR count). The first-order chi connectivity index (χ1) is 10.9. The molecule has 1 fully saturated rings. The molecule has 9 heteroatoms. The minimum atomic E-state index is -4.18. The molecule has 0 bridgehead atoms. The van der Waals surface area contributed by atoms with E-state index in [0.717, 1.165) is 16.4 Å². The number of sulfonamides is 1. The number of methoxy groups -OCH3 is 1. The maximum absolute atomic E-state index is 13.5. The first kappa shape index (κ1) is 17.6. The number of ether oxygens (including phenoxy) is 2. The predicted molar refractivity (Wildman–Crippen MR) is 78.3 cm³/mol. The number of carbonyl (C=O) groups is 1. The standard InChI is InChI=1S/C14H18FNO6S/c1-21-7-8-22-12-5-4-10(15)9-13(12)23(19,20)16-6-2-3-11(16)14(17)18/h4-5,9,11H,2-3,6-8H2,1H3,(H,17,18)/t11-/m1/s1. The van der Waals surface area contributed by atoms with E-state index >= 15 is 0 Å². The third-order valence-corrected chi connectivity index (χ3v) is 5.46. The van der Waals surface area contributed by atoms with Crippen LogP contribution in [0.1, 0.15) is 12.8 Å². The largest absolute Gasteiger partial charge is 0.490 e. The summed E-state index contributed by atoms with van der Waals surface area (Å²) >= 11 is 0. The van der Waals surface area contributed by atoms with Crippen molar-refractivity contribution >= 4 is 16.0 Å². The molecule has 0 amide bonds. The normalized spacial score (nSPS) is 19.0. The third kappa shape index (κ3) is 3.80. The predicted octanol–water partition coefficient (Wildman–Crippen LogP) is 1.09.